The van der Waals surface area contributed by atoms with Crippen LogP contribution in [0.25, 0.3) is 0 Å². The topological polar surface area (TPSA) is 29.1 Å². The molecule has 0 bridgehead atoms. The van der Waals surface area contributed by atoms with Gasteiger partial charge in [0.05, 0.1) is 0 Å². The minimum Gasteiger partial charge on any atom is -0.356 e. The second-order valence-corrected chi connectivity index (χ2v) is 5.41. The summed E-state index contributed by atoms with van der Waals surface area (Å²) in [5.74, 6) is 1.76. The van der Waals surface area contributed by atoms with Gasteiger partial charge in [0.1, 0.15) is 0 Å². The maximum Gasteiger partial charge on any atom is 0.220 e. The van der Waals surface area contributed by atoms with Crippen molar-refractivity contribution < 1.29 is 4.79 Å². The van der Waals surface area contributed by atoms with Crippen LogP contribution in [0.4, 0.5) is 0 Å². The summed E-state index contributed by atoms with van der Waals surface area (Å²) in [6.07, 6.45) is 6.75. The summed E-state index contributed by atoms with van der Waals surface area (Å²) >= 11 is 3.37. The molecule has 0 aromatic rings. The third-order valence-electron chi connectivity index (χ3n) is 3.39. The number of rotatable bonds is 6. The molecule has 1 saturated carbocycles. The van der Waals surface area contributed by atoms with Gasteiger partial charge in [0.15, 0.2) is 0 Å². The molecule has 0 saturated heterocycles. The van der Waals surface area contributed by atoms with Crippen LogP contribution in [0.1, 0.15) is 45.4 Å². The van der Waals surface area contributed by atoms with E-state index in [2.05, 4.69) is 28.2 Å². The zero-order valence-corrected chi connectivity index (χ0v) is 11.2. The molecule has 2 unspecified atom stereocenters. The molecule has 2 nitrogen and oxygen atoms in total. The molecule has 0 heterocycles. The van der Waals surface area contributed by atoms with Crippen LogP contribution >= 0.6 is 15.9 Å². The number of carbonyl (C=O) groups is 1. The normalized spacial score (nSPS) is 25.5. The summed E-state index contributed by atoms with van der Waals surface area (Å²) in [4.78, 5) is 11.5. The van der Waals surface area contributed by atoms with Gasteiger partial charge in [-0.15, -0.1) is 0 Å². The fourth-order valence-corrected chi connectivity index (χ4v) is 2.64. The van der Waals surface area contributed by atoms with Crippen molar-refractivity contribution >= 4 is 21.8 Å². The molecule has 1 fully saturated rings. The van der Waals surface area contributed by atoms with Crippen molar-refractivity contribution in [2.24, 2.45) is 11.8 Å². The van der Waals surface area contributed by atoms with E-state index < -0.39 is 0 Å². The van der Waals surface area contributed by atoms with Crippen LogP contribution in [-0.2, 0) is 4.79 Å². The molecule has 0 aliphatic heterocycles. The maximum absolute atomic E-state index is 11.5. The lowest BCUT2D eigenvalue weighted by atomic mass is 9.98. The Morgan fingerprint density at radius 3 is 2.80 bits per heavy atom. The van der Waals surface area contributed by atoms with Crippen molar-refractivity contribution in [3.8, 4) is 0 Å². The van der Waals surface area contributed by atoms with Crippen molar-refractivity contribution in [2.45, 2.75) is 45.4 Å². The first kappa shape index (κ1) is 13.0. The third kappa shape index (κ3) is 5.01. The minimum atomic E-state index is 0.232. The highest BCUT2D eigenvalue weighted by Gasteiger charge is 2.23. The van der Waals surface area contributed by atoms with Crippen molar-refractivity contribution in [1.82, 2.24) is 5.32 Å². The SMILES string of the molecule is CC1CCCC1CNC(=O)CCCCBr. The predicted molar refractivity (Wildman–Crippen MR) is 67.2 cm³/mol. The van der Waals surface area contributed by atoms with Gasteiger partial charge in [0.2, 0.25) is 5.91 Å². The molecule has 88 valence electrons. The van der Waals surface area contributed by atoms with E-state index >= 15 is 0 Å². The van der Waals surface area contributed by atoms with Crippen LogP contribution in [-0.4, -0.2) is 17.8 Å². The quantitative estimate of drug-likeness (QED) is 0.586. The summed E-state index contributed by atoms with van der Waals surface area (Å²) < 4.78 is 0. The number of carbonyl (C=O) groups excluding carboxylic acids is 1. The molecule has 2 atom stereocenters. The summed E-state index contributed by atoms with van der Waals surface area (Å²) in [6, 6.07) is 0. The number of hydrogen-bond acceptors (Lipinski definition) is 1. The molecule has 1 aliphatic carbocycles. The fraction of sp³-hybridized carbons (Fsp3) is 0.917. The average molecular weight is 276 g/mol. The Kier molecular flexibility index (Phi) is 6.30. The Labute approximate surface area is 101 Å². The molecule has 0 aromatic heterocycles. The van der Waals surface area contributed by atoms with Crippen LogP contribution in [0, 0.1) is 11.8 Å². The van der Waals surface area contributed by atoms with Crippen molar-refractivity contribution in [2.75, 3.05) is 11.9 Å². The molecule has 1 rings (SSSR count). The highest BCUT2D eigenvalue weighted by Crippen LogP contribution is 2.30. The molecule has 1 N–H and O–H groups in total. The molecular weight excluding hydrogens is 254 g/mol. The number of hydrogen-bond donors (Lipinski definition) is 1. The maximum atomic E-state index is 11.5. The molecule has 3 heteroatoms. The van der Waals surface area contributed by atoms with Gasteiger partial charge in [-0.2, -0.15) is 0 Å². The molecule has 0 radical (unpaired) electrons. The standard InChI is InChI=1S/C12H22BrNO/c1-10-5-4-6-11(10)9-14-12(15)7-2-3-8-13/h10-11H,2-9H2,1H3,(H,14,15). The monoisotopic (exact) mass is 275 g/mol. The van der Waals surface area contributed by atoms with Crippen LogP contribution in [0.5, 0.6) is 0 Å². The zero-order chi connectivity index (χ0) is 11.1. The Bertz CT molecular complexity index is 196. The van der Waals surface area contributed by atoms with E-state index in [9.17, 15) is 4.79 Å². The smallest absolute Gasteiger partial charge is 0.220 e. The molecule has 0 spiro atoms. The first-order valence-electron chi connectivity index (χ1n) is 6.06. The summed E-state index contributed by atoms with van der Waals surface area (Å²) in [5.41, 5.74) is 0. The molecule has 1 aliphatic rings. The van der Waals surface area contributed by atoms with E-state index in [1.165, 1.54) is 19.3 Å². The van der Waals surface area contributed by atoms with Crippen molar-refractivity contribution in [1.29, 1.82) is 0 Å². The number of amides is 1. The van der Waals surface area contributed by atoms with Gasteiger partial charge in [-0.3, -0.25) is 4.79 Å². The first-order chi connectivity index (χ1) is 7.24. The summed E-state index contributed by atoms with van der Waals surface area (Å²) in [7, 11) is 0. The lowest BCUT2D eigenvalue weighted by Gasteiger charge is -2.15. The average Bonchev–Trinajstić information content (AvgIpc) is 2.61. The lowest BCUT2D eigenvalue weighted by Crippen LogP contribution is -2.30. The van der Waals surface area contributed by atoms with E-state index in [0.29, 0.717) is 6.42 Å². The zero-order valence-electron chi connectivity index (χ0n) is 9.60. The highest BCUT2D eigenvalue weighted by atomic mass is 79.9. The van der Waals surface area contributed by atoms with Gasteiger partial charge in [0, 0.05) is 18.3 Å². The number of alkyl halides is 1. The van der Waals surface area contributed by atoms with Gasteiger partial charge in [-0.05, 0) is 31.1 Å². The number of nitrogens with one attached hydrogen (secondary N) is 1. The number of unbranched alkanes of at least 4 members (excludes halogenated alkanes) is 1. The Morgan fingerprint density at radius 1 is 1.40 bits per heavy atom. The van der Waals surface area contributed by atoms with Gasteiger partial charge in [-0.1, -0.05) is 35.7 Å². The van der Waals surface area contributed by atoms with Gasteiger partial charge in [0.25, 0.3) is 0 Å². The summed E-state index contributed by atoms with van der Waals surface area (Å²) in [6.45, 7) is 3.20. The highest BCUT2D eigenvalue weighted by molar-refractivity contribution is 9.09. The largest absolute Gasteiger partial charge is 0.356 e. The number of halogens is 1. The van der Waals surface area contributed by atoms with Crippen molar-refractivity contribution in [3.63, 3.8) is 0 Å². The van der Waals surface area contributed by atoms with Crippen LogP contribution in [0.15, 0.2) is 0 Å². The molecule has 15 heavy (non-hydrogen) atoms. The van der Waals surface area contributed by atoms with Crippen LogP contribution < -0.4 is 5.32 Å². The first-order valence-corrected chi connectivity index (χ1v) is 7.19. The molecule has 1 amide bonds. The Balaban J connectivity index is 2.05. The van der Waals surface area contributed by atoms with Gasteiger partial charge in [-0.25, -0.2) is 0 Å². The van der Waals surface area contributed by atoms with Gasteiger partial charge < -0.3 is 5.32 Å². The van der Waals surface area contributed by atoms with Crippen LogP contribution in [0.3, 0.4) is 0 Å². The van der Waals surface area contributed by atoms with E-state index in [0.717, 1.165) is 36.6 Å². The van der Waals surface area contributed by atoms with Crippen molar-refractivity contribution in [3.05, 3.63) is 0 Å². The Hall–Kier alpha value is -0.0500. The molecular formula is C12H22BrNO. The lowest BCUT2D eigenvalue weighted by molar-refractivity contribution is -0.121. The van der Waals surface area contributed by atoms with E-state index in [1.807, 2.05) is 0 Å². The van der Waals surface area contributed by atoms with E-state index in [1.54, 1.807) is 0 Å². The van der Waals surface area contributed by atoms with Gasteiger partial charge >= 0.3 is 0 Å². The predicted octanol–water partition coefficient (Wildman–Crippen LogP) is 3.10. The second-order valence-electron chi connectivity index (χ2n) is 4.62. The second kappa shape index (κ2) is 7.26. The minimum absolute atomic E-state index is 0.232. The van der Waals surface area contributed by atoms with E-state index in [-0.39, 0.29) is 5.91 Å². The fourth-order valence-electron chi connectivity index (χ4n) is 2.24. The van der Waals surface area contributed by atoms with Crippen LogP contribution in [0.2, 0.25) is 0 Å². The third-order valence-corrected chi connectivity index (χ3v) is 3.95. The van der Waals surface area contributed by atoms with E-state index in [4.69, 9.17) is 0 Å². The Morgan fingerprint density at radius 2 is 2.20 bits per heavy atom. The molecule has 0 aromatic carbocycles. The summed E-state index contributed by atoms with van der Waals surface area (Å²) in [5, 5.41) is 4.06.